The number of hydrogen-bond donors (Lipinski definition) is 2. The average molecular weight is 181 g/mol. The second kappa shape index (κ2) is 3.62. The maximum atomic E-state index is 8.92. The summed E-state index contributed by atoms with van der Waals surface area (Å²) in [5, 5.41) is 15.3. The first-order chi connectivity index (χ1) is 6.35. The van der Waals surface area contributed by atoms with Crippen molar-refractivity contribution in [3.63, 3.8) is 0 Å². The predicted octanol–water partition coefficient (Wildman–Crippen LogP) is -0.379. The van der Waals surface area contributed by atoms with Crippen LogP contribution in [0.15, 0.2) is 0 Å². The molecule has 0 radical (unpaired) electrons. The Morgan fingerprint density at radius 3 is 2.92 bits per heavy atom. The van der Waals surface area contributed by atoms with Crippen molar-refractivity contribution in [1.29, 1.82) is 5.26 Å². The predicted molar refractivity (Wildman–Crippen MR) is 48.2 cm³/mol. The molecule has 0 aromatic heterocycles. The molecule has 2 aliphatic heterocycles. The van der Waals surface area contributed by atoms with Gasteiger partial charge in [0.15, 0.2) is 0 Å². The van der Waals surface area contributed by atoms with Gasteiger partial charge in [0.2, 0.25) is 0 Å². The van der Waals surface area contributed by atoms with Crippen LogP contribution in [0.1, 0.15) is 12.8 Å². The molecule has 72 valence electrons. The maximum Gasteiger partial charge on any atom is 0.131 e. The molecule has 4 heteroatoms. The Kier molecular flexibility index (Phi) is 2.49. The molecule has 0 aromatic carbocycles. The van der Waals surface area contributed by atoms with Crippen LogP contribution in [0.25, 0.3) is 0 Å². The Labute approximate surface area is 78.3 Å². The van der Waals surface area contributed by atoms with Gasteiger partial charge in [-0.2, -0.15) is 5.26 Å². The van der Waals surface area contributed by atoms with E-state index in [0.717, 1.165) is 39.1 Å². The van der Waals surface area contributed by atoms with Gasteiger partial charge in [0, 0.05) is 26.2 Å². The summed E-state index contributed by atoms with van der Waals surface area (Å²) in [7, 11) is 0. The van der Waals surface area contributed by atoms with Crippen LogP contribution in [-0.2, 0) is 4.74 Å². The molecule has 2 N–H and O–H groups in total. The van der Waals surface area contributed by atoms with Crippen molar-refractivity contribution in [3.05, 3.63) is 0 Å². The van der Waals surface area contributed by atoms with Gasteiger partial charge in [-0.3, -0.25) is 5.32 Å². The van der Waals surface area contributed by atoms with Crippen molar-refractivity contribution in [2.45, 2.75) is 24.5 Å². The highest BCUT2D eigenvalue weighted by atomic mass is 16.5. The monoisotopic (exact) mass is 181 g/mol. The van der Waals surface area contributed by atoms with Crippen LogP contribution in [-0.4, -0.2) is 37.9 Å². The van der Waals surface area contributed by atoms with Crippen molar-refractivity contribution in [1.82, 2.24) is 10.6 Å². The third-order valence-electron chi connectivity index (χ3n) is 2.76. The van der Waals surface area contributed by atoms with Gasteiger partial charge in [0.1, 0.15) is 5.54 Å². The first-order valence-corrected chi connectivity index (χ1v) is 4.83. The molecule has 2 rings (SSSR count). The molecule has 0 aliphatic carbocycles. The topological polar surface area (TPSA) is 57.1 Å². The lowest BCUT2D eigenvalue weighted by Crippen LogP contribution is -2.67. The normalized spacial score (nSPS) is 30.8. The quantitative estimate of drug-likeness (QED) is 0.623. The molecule has 2 saturated heterocycles. The lowest BCUT2D eigenvalue weighted by molar-refractivity contribution is 0.0997. The zero-order valence-electron chi connectivity index (χ0n) is 7.68. The zero-order chi connectivity index (χ0) is 9.15. The Balaban J connectivity index is 1.75. The largest absolute Gasteiger partial charge is 0.377 e. The minimum Gasteiger partial charge on any atom is -0.377 e. The molecular formula is C9H15N3O. The third kappa shape index (κ3) is 1.83. The summed E-state index contributed by atoms with van der Waals surface area (Å²) in [6, 6.07) is 2.31. The van der Waals surface area contributed by atoms with Crippen LogP contribution in [0.4, 0.5) is 0 Å². The fourth-order valence-electron chi connectivity index (χ4n) is 1.73. The van der Waals surface area contributed by atoms with E-state index in [9.17, 15) is 0 Å². The summed E-state index contributed by atoms with van der Waals surface area (Å²) < 4.78 is 5.47. The number of nitrogens with zero attached hydrogens (tertiary/aromatic N) is 1. The van der Waals surface area contributed by atoms with Crippen LogP contribution in [0.5, 0.6) is 0 Å². The minimum absolute atomic E-state index is 0.314. The smallest absolute Gasteiger partial charge is 0.131 e. The fourth-order valence-corrected chi connectivity index (χ4v) is 1.73. The molecule has 0 aromatic rings. The number of nitriles is 1. The van der Waals surface area contributed by atoms with Gasteiger partial charge >= 0.3 is 0 Å². The highest BCUT2D eigenvalue weighted by Gasteiger charge is 2.37. The van der Waals surface area contributed by atoms with E-state index < -0.39 is 0 Å². The van der Waals surface area contributed by atoms with E-state index in [1.165, 1.54) is 0 Å². The van der Waals surface area contributed by atoms with Gasteiger partial charge in [0.25, 0.3) is 0 Å². The first-order valence-electron chi connectivity index (χ1n) is 4.83. The maximum absolute atomic E-state index is 8.92. The molecule has 0 bridgehead atoms. The van der Waals surface area contributed by atoms with E-state index in [1.807, 2.05) is 0 Å². The SMILES string of the molecule is N#CC1(NCC2CCCO2)CNC1. The number of nitrogens with one attached hydrogen (secondary N) is 2. The molecule has 2 aliphatic rings. The van der Waals surface area contributed by atoms with Crippen molar-refractivity contribution in [2.24, 2.45) is 0 Å². The van der Waals surface area contributed by atoms with Crippen LogP contribution in [0.2, 0.25) is 0 Å². The average Bonchev–Trinajstić information content (AvgIpc) is 2.56. The molecule has 1 atom stereocenters. The molecule has 2 fully saturated rings. The van der Waals surface area contributed by atoms with E-state index in [4.69, 9.17) is 10.00 Å². The van der Waals surface area contributed by atoms with Gasteiger partial charge < -0.3 is 10.1 Å². The van der Waals surface area contributed by atoms with Crippen LogP contribution >= 0.6 is 0 Å². The van der Waals surface area contributed by atoms with E-state index >= 15 is 0 Å². The van der Waals surface area contributed by atoms with Crippen LogP contribution in [0.3, 0.4) is 0 Å². The molecule has 1 unspecified atom stereocenters. The van der Waals surface area contributed by atoms with Gasteiger partial charge in [-0.15, -0.1) is 0 Å². The molecule has 0 spiro atoms. The third-order valence-corrected chi connectivity index (χ3v) is 2.76. The minimum atomic E-state index is -0.314. The van der Waals surface area contributed by atoms with Gasteiger partial charge in [-0.1, -0.05) is 0 Å². The van der Waals surface area contributed by atoms with Crippen molar-refractivity contribution >= 4 is 0 Å². The molecular weight excluding hydrogens is 166 g/mol. The highest BCUT2D eigenvalue weighted by Crippen LogP contribution is 2.14. The molecule has 0 saturated carbocycles. The van der Waals surface area contributed by atoms with Gasteiger partial charge in [-0.25, -0.2) is 0 Å². The second-order valence-electron chi connectivity index (χ2n) is 3.81. The van der Waals surface area contributed by atoms with Gasteiger partial charge in [-0.05, 0) is 12.8 Å². The Morgan fingerprint density at radius 1 is 1.62 bits per heavy atom. The number of hydrogen-bond acceptors (Lipinski definition) is 4. The van der Waals surface area contributed by atoms with Crippen LogP contribution in [0, 0.1) is 11.3 Å². The summed E-state index contributed by atoms with van der Waals surface area (Å²) in [5.41, 5.74) is -0.314. The van der Waals surface area contributed by atoms with Crippen LogP contribution < -0.4 is 10.6 Å². The lowest BCUT2D eigenvalue weighted by atomic mass is 9.94. The zero-order valence-corrected chi connectivity index (χ0v) is 7.68. The van der Waals surface area contributed by atoms with E-state index in [-0.39, 0.29) is 5.54 Å². The van der Waals surface area contributed by atoms with E-state index in [1.54, 1.807) is 0 Å². The van der Waals surface area contributed by atoms with Gasteiger partial charge in [0.05, 0.1) is 12.2 Å². The second-order valence-corrected chi connectivity index (χ2v) is 3.81. The Bertz CT molecular complexity index is 213. The van der Waals surface area contributed by atoms with Crippen molar-refractivity contribution < 1.29 is 4.74 Å². The van der Waals surface area contributed by atoms with E-state index in [0.29, 0.717) is 6.10 Å². The summed E-state index contributed by atoms with van der Waals surface area (Å²) >= 11 is 0. The fraction of sp³-hybridized carbons (Fsp3) is 0.889. The number of ether oxygens (including phenoxy) is 1. The summed E-state index contributed by atoms with van der Waals surface area (Å²) in [6.45, 7) is 3.21. The van der Waals surface area contributed by atoms with Crippen molar-refractivity contribution in [3.8, 4) is 6.07 Å². The number of rotatable bonds is 3. The Morgan fingerprint density at radius 2 is 2.46 bits per heavy atom. The standard InChI is InChI=1S/C9H15N3O/c10-5-9(6-11-7-9)12-4-8-2-1-3-13-8/h8,11-12H,1-4,6-7H2. The first kappa shape index (κ1) is 8.95. The molecule has 2 heterocycles. The molecule has 4 nitrogen and oxygen atoms in total. The van der Waals surface area contributed by atoms with E-state index in [2.05, 4.69) is 16.7 Å². The molecule has 13 heavy (non-hydrogen) atoms. The van der Waals surface area contributed by atoms with Crippen molar-refractivity contribution in [2.75, 3.05) is 26.2 Å². The summed E-state index contributed by atoms with van der Waals surface area (Å²) in [5.74, 6) is 0. The molecule has 0 amide bonds. The summed E-state index contributed by atoms with van der Waals surface area (Å²) in [4.78, 5) is 0. The highest BCUT2D eigenvalue weighted by molar-refractivity contribution is 5.16. The summed E-state index contributed by atoms with van der Waals surface area (Å²) in [6.07, 6.45) is 2.61. The Hall–Kier alpha value is -0.630. The lowest BCUT2D eigenvalue weighted by Gasteiger charge is -2.37.